The molecule has 1 aromatic heterocycles. The Bertz CT molecular complexity index is 410. The Hall–Kier alpha value is -1.46. The summed E-state index contributed by atoms with van der Waals surface area (Å²) in [5.41, 5.74) is 1.03. The number of aliphatic carboxylic acids is 1. The van der Waals surface area contributed by atoms with Crippen LogP contribution in [0, 0.1) is 5.92 Å². The molecule has 0 radical (unpaired) electrons. The number of carboxylic acid groups (broad SMARTS) is 1. The Balaban J connectivity index is 1.98. The summed E-state index contributed by atoms with van der Waals surface area (Å²) in [6.45, 7) is 5.56. The molecule has 5 heteroatoms. The Morgan fingerprint density at radius 3 is 3.05 bits per heavy atom. The first-order chi connectivity index (χ1) is 9.13. The summed E-state index contributed by atoms with van der Waals surface area (Å²) in [6, 6.07) is 5.92. The highest BCUT2D eigenvalue weighted by Gasteiger charge is 2.23. The number of hydrogen-bond acceptors (Lipinski definition) is 4. The molecule has 19 heavy (non-hydrogen) atoms. The molecule has 1 saturated heterocycles. The fraction of sp³-hybridized carbons (Fsp3) is 0.571. The van der Waals surface area contributed by atoms with Gasteiger partial charge in [0, 0.05) is 31.9 Å². The molecule has 1 aromatic rings. The Morgan fingerprint density at radius 1 is 1.53 bits per heavy atom. The molecule has 1 fully saturated rings. The summed E-state index contributed by atoms with van der Waals surface area (Å²) < 4.78 is 0. The molecule has 0 bridgehead atoms. The zero-order valence-electron chi connectivity index (χ0n) is 11.2. The third kappa shape index (κ3) is 4.61. The molecule has 0 spiro atoms. The lowest BCUT2D eigenvalue weighted by Gasteiger charge is -2.23. The first-order valence-corrected chi connectivity index (χ1v) is 6.71. The monoisotopic (exact) mass is 263 g/mol. The second-order valence-corrected chi connectivity index (χ2v) is 5.32. The third-order valence-corrected chi connectivity index (χ3v) is 3.34. The van der Waals surface area contributed by atoms with E-state index in [0.29, 0.717) is 5.92 Å². The second kappa shape index (κ2) is 6.63. The molecule has 1 aliphatic rings. The number of carbonyl (C=O) groups is 1. The van der Waals surface area contributed by atoms with Crippen LogP contribution in [0.3, 0.4) is 0 Å². The van der Waals surface area contributed by atoms with Gasteiger partial charge in [0.25, 0.3) is 0 Å². The average molecular weight is 263 g/mol. The third-order valence-electron chi connectivity index (χ3n) is 3.34. The van der Waals surface area contributed by atoms with Crippen LogP contribution in [0.5, 0.6) is 0 Å². The van der Waals surface area contributed by atoms with Gasteiger partial charge in [0.05, 0.1) is 12.1 Å². The maximum atomic E-state index is 10.9. The molecular weight excluding hydrogens is 242 g/mol. The highest BCUT2D eigenvalue weighted by molar-refractivity contribution is 5.67. The second-order valence-electron chi connectivity index (χ2n) is 5.32. The van der Waals surface area contributed by atoms with Crippen molar-refractivity contribution in [2.75, 3.05) is 19.6 Å². The molecule has 2 N–H and O–H groups in total. The predicted octanol–water partition coefficient (Wildman–Crippen LogP) is 0.966. The molecule has 0 aliphatic carbocycles. The van der Waals surface area contributed by atoms with E-state index in [2.05, 4.69) is 22.1 Å². The molecule has 0 saturated carbocycles. The van der Waals surface area contributed by atoms with E-state index in [9.17, 15) is 4.79 Å². The van der Waals surface area contributed by atoms with E-state index in [-0.39, 0.29) is 12.5 Å². The Labute approximate surface area is 113 Å². The minimum atomic E-state index is -0.746. The van der Waals surface area contributed by atoms with Gasteiger partial charge in [-0.05, 0) is 24.6 Å². The van der Waals surface area contributed by atoms with E-state index in [1.54, 1.807) is 6.20 Å². The fourth-order valence-electron chi connectivity index (χ4n) is 2.52. The van der Waals surface area contributed by atoms with Gasteiger partial charge in [-0.1, -0.05) is 13.0 Å². The summed E-state index contributed by atoms with van der Waals surface area (Å²) in [7, 11) is 0. The first kappa shape index (κ1) is 14.0. The molecule has 2 rings (SSSR count). The fourth-order valence-corrected chi connectivity index (χ4v) is 2.52. The van der Waals surface area contributed by atoms with E-state index in [4.69, 9.17) is 5.11 Å². The minimum Gasteiger partial charge on any atom is -0.481 e. The first-order valence-electron chi connectivity index (χ1n) is 6.71. The van der Waals surface area contributed by atoms with E-state index < -0.39 is 5.97 Å². The van der Waals surface area contributed by atoms with Crippen LogP contribution in [0.15, 0.2) is 24.4 Å². The lowest BCUT2D eigenvalue weighted by atomic mass is 10.2. The van der Waals surface area contributed by atoms with Gasteiger partial charge in [0.1, 0.15) is 0 Å². The zero-order chi connectivity index (χ0) is 13.7. The molecule has 2 unspecified atom stereocenters. The van der Waals surface area contributed by atoms with Crippen LogP contribution < -0.4 is 5.32 Å². The van der Waals surface area contributed by atoms with Crippen molar-refractivity contribution >= 4 is 5.97 Å². The standard InChI is InChI=1S/C14H21N3O2/c1-11-7-16-13(6-14(18)19)10-17(8-11)9-12-4-2-3-5-15-12/h2-5,11,13,16H,6-10H2,1H3,(H,18,19). The normalized spacial score (nSPS) is 24.9. The molecule has 0 amide bonds. The van der Waals surface area contributed by atoms with Crippen molar-refractivity contribution in [1.82, 2.24) is 15.2 Å². The van der Waals surface area contributed by atoms with Crippen LogP contribution in [0.2, 0.25) is 0 Å². The van der Waals surface area contributed by atoms with Gasteiger partial charge >= 0.3 is 5.97 Å². The molecule has 5 nitrogen and oxygen atoms in total. The van der Waals surface area contributed by atoms with Gasteiger partial charge in [-0.25, -0.2) is 0 Å². The number of nitrogens with zero attached hydrogens (tertiary/aromatic N) is 2. The van der Waals surface area contributed by atoms with Crippen LogP contribution in [-0.2, 0) is 11.3 Å². The highest BCUT2D eigenvalue weighted by Crippen LogP contribution is 2.11. The van der Waals surface area contributed by atoms with Gasteiger partial charge in [-0.3, -0.25) is 14.7 Å². The van der Waals surface area contributed by atoms with Crippen LogP contribution in [-0.4, -0.2) is 46.6 Å². The van der Waals surface area contributed by atoms with Gasteiger partial charge < -0.3 is 10.4 Å². The lowest BCUT2D eigenvalue weighted by molar-refractivity contribution is -0.137. The van der Waals surface area contributed by atoms with E-state index in [1.165, 1.54) is 0 Å². The van der Waals surface area contributed by atoms with Crippen molar-refractivity contribution in [1.29, 1.82) is 0 Å². The van der Waals surface area contributed by atoms with Crippen molar-refractivity contribution in [2.24, 2.45) is 5.92 Å². The van der Waals surface area contributed by atoms with E-state index >= 15 is 0 Å². The number of aromatic nitrogens is 1. The number of hydrogen-bond donors (Lipinski definition) is 2. The highest BCUT2D eigenvalue weighted by atomic mass is 16.4. The predicted molar refractivity (Wildman–Crippen MR) is 72.7 cm³/mol. The SMILES string of the molecule is CC1CNC(CC(=O)O)CN(Cc2ccccn2)C1. The summed E-state index contributed by atoms with van der Waals surface area (Å²) in [4.78, 5) is 17.5. The van der Waals surface area contributed by atoms with Crippen LogP contribution >= 0.6 is 0 Å². The summed E-state index contributed by atoms with van der Waals surface area (Å²) in [6.07, 6.45) is 1.97. The molecule has 0 aromatic carbocycles. The smallest absolute Gasteiger partial charge is 0.304 e. The van der Waals surface area contributed by atoms with Crippen molar-refractivity contribution in [3.63, 3.8) is 0 Å². The van der Waals surface area contributed by atoms with Crippen molar-refractivity contribution in [2.45, 2.75) is 25.9 Å². The Morgan fingerprint density at radius 2 is 2.37 bits per heavy atom. The van der Waals surface area contributed by atoms with Gasteiger partial charge in [0.15, 0.2) is 0 Å². The van der Waals surface area contributed by atoms with Crippen LogP contribution in [0.25, 0.3) is 0 Å². The Kier molecular flexibility index (Phi) is 4.87. The summed E-state index contributed by atoms with van der Waals surface area (Å²) in [5, 5.41) is 12.3. The van der Waals surface area contributed by atoms with Crippen LogP contribution in [0.4, 0.5) is 0 Å². The number of carboxylic acids is 1. The number of rotatable bonds is 4. The van der Waals surface area contributed by atoms with Gasteiger partial charge in [-0.2, -0.15) is 0 Å². The van der Waals surface area contributed by atoms with E-state index in [1.807, 2.05) is 18.2 Å². The quantitative estimate of drug-likeness (QED) is 0.847. The number of nitrogens with one attached hydrogen (secondary N) is 1. The summed E-state index contributed by atoms with van der Waals surface area (Å²) in [5.74, 6) is -0.229. The average Bonchev–Trinajstić information content (AvgIpc) is 2.52. The zero-order valence-corrected chi connectivity index (χ0v) is 11.2. The number of pyridine rings is 1. The maximum Gasteiger partial charge on any atom is 0.304 e. The van der Waals surface area contributed by atoms with Crippen LogP contribution in [0.1, 0.15) is 19.0 Å². The maximum absolute atomic E-state index is 10.9. The molecule has 104 valence electrons. The van der Waals surface area contributed by atoms with Crippen molar-refractivity contribution in [3.05, 3.63) is 30.1 Å². The van der Waals surface area contributed by atoms with Crippen molar-refractivity contribution in [3.8, 4) is 0 Å². The minimum absolute atomic E-state index is 0.0196. The topological polar surface area (TPSA) is 65.5 Å². The molecule has 2 atom stereocenters. The molecule has 1 aliphatic heterocycles. The van der Waals surface area contributed by atoms with Gasteiger partial charge in [0.2, 0.25) is 0 Å². The lowest BCUT2D eigenvalue weighted by Crippen LogP contribution is -2.39. The molecular formula is C14H21N3O2. The largest absolute Gasteiger partial charge is 0.481 e. The van der Waals surface area contributed by atoms with E-state index in [0.717, 1.165) is 31.9 Å². The summed E-state index contributed by atoms with van der Waals surface area (Å²) >= 11 is 0. The van der Waals surface area contributed by atoms with Crippen molar-refractivity contribution < 1.29 is 9.90 Å². The van der Waals surface area contributed by atoms with Gasteiger partial charge in [-0.15, -0.1) is 0 Å². The molecule has 2 heterocycles.